The lowest BCUT2D eigenvalue weighted by atomic mass is 9.74. The number of thiol groups is 2. The van der Waals surface area contributed by atoms with Crippen LogP contribution in [-0.2, 0) is 0 Å². The minimum Gasteiger partial charge on any atom is -0.143 e. The fourth-order valence-electron chi connectivity index (χ4n) is 3.84. The number of benzene rings is 4. The largest absolute Gasteiger partial charge is 0.143 e. The highest BCUT2D eigenvalue weighted by Crippen LogP contribution is 2.43. The first kappa shape index (κ1) is 18.9. The molecule has 4 aromatic carbocycles. The Morgan fingerprint density at radius 2 is 0.643 bits per heavy atom. The van der Waals surface area contributed by atoms with E-state index in [1.807, 2.05) is 0 Å². The van der Waals surface area contributed by atoms with Crippen LogP contribution in [0.5, 0.6) is 0 Å². The molecule has 0 nitrogen and oxygen atoms in total. The van der Waals surface area contributed by atoms with Gasteiger partial charge < -0.3 is 0 Å². The van der Waals surface area contributed by atoms with Crippen molar-refractivity contribution in [2.24, 2.45) is 0 Å². The first-order chi connectivity index (χ1) is 13.7. The van der Waals surface area contributed by atoms with Gasteiger partial charge in [0.25, 0.3) is 0 Å². The number of rotatable bonds is 5. The van der Waals surface area contributed by atoms with Crippen LogP contribution < -0.4 is 0 Å². The lowest BCUT2D eigenvalue weighted by molar-refractivity contribution is 0.693. The van der Waals surface area contributed by atoms with Gasteiger partial charge in [0.05, 0.1) is 0 Å². The van der Waals surface area contributed by atoms with Gasteiger partial charge in [-0.15, -0.1) is 25.3 Å². The number of hydrogen-bond donors (Lipinski definition) is 2. The summed E-state index contributed by atoms with van der Waals surface area (Å²) in [6.07, 6.45) is 0. The maximum atomic E-state index is 4.48. The molecule has 0 saturated carbocycles. The van der Waals surface area contributed by atoms with E-state index in [0.717, 1.165) is 9.79 Å². The third-order valence-electron chi connectivity index (χ3n) is 5.16. The third kappa shape index (κ3) is 4.19. The molecular formula is C26H22S2. The molecule has 0 saturated heterocycles. The summed E-state index contributed by atoms with van der Waals surface area (Å²) in [7, 11) is 0. The normalized spacial score (nSPS) is 13.1. The van der Waals surface area contributed by atoms with Crippen LogP contribution in [-0.4, -0.2) is 0 Å². The van der Waals surface area contributed by atoms with Crippen LogP contribution in [0.4, 0.5) is 0 Å². The highest BCUT2D eigenvalue weighted by molar-refractivity contribution is 7.80. The highest BCUT2D eigenvalue weighted by atomic mass is 32.1. The molecule has 0 N–H and O–H groups in total. The van der Waals surface area contributed by atoms with E-state index < -0.39 is 0 Å². The van der Waals surface area contributed by atoms with E-state index in [9.17, 15) is 0 Å². The zero-order valence-electron chi connectivity index (χ0n) is 15.4. The van der Waals surface area contributed by atoms with E-state index in [1.165, 1.54) is 22.3 Å². The van der Waals surface area contributed by atoms with Crippen LogP contribution in [0.15, 0.2) is 119 Å². The minimum atomic E-state index is 0.198. The Labute approximate surface area is 178 Å². The zero-order valence-corrected chi connectivity index (χ0v) is 17.2. The average molecular weight is 399 g/mol. The Bertz CT molecular complexity index is 920. The van der Waals surface area contributed by atoms with Crippen molar-refractivity contribution >= 4 is 25.3 Å². The minimum absolute atomic E-state index is 0.198. The lowest BCUT2D eigenvalue weighted by Gasteiger charge is -2.29. The van der Waals surface area contributed by atoms with Crippen molar-refractivity contribution < 1.29 is 0 Å². The van der Waals surface area contributed by atoms with Crippen molar-refractivity contribution in [3.05, 3.63) is 131 Å². The molecule has 0 fully saturated rings. The first-order valence-electron chi connectivity index (χ1n) is 9.40. The topological polar surface area (TPSA) is 0 Å². The SMILES string of the molecule is Sc1ccc(C(c2ccccc2)C(c2ccccc2)c2ccc(S)cc2)cc1. The second-order valence-electron chi connectivity index (χ2n) is 6.96. The van der Waals surface area contributed by atoms with E-state index in [2.05, 4.69) is 134 Å². The van der Waals surface area contributed by atoms with E-state index in [1.54, 1.807) is 0 Å². The van der Waals surface area contributed by atoms with Crippen LogP contribution in [0, 0.1) is 0 Å². The van der Waals surface area contributed by atoms with Crippen molar-refractivity contribution in [2.45, 2.75) is 21.6 Å². The smallest absolute Gasteiger partial charge is 0.0199 e. The van der Waals surface area contributed by atoms with Crippen LogP contribution >= 0.6 is 25.3 Å². The summed E-state index contributed by atoms with van der Waals surface area (Å²) in [5.74, 6) is 0.395. The van der Waals surface area contributed by atoms with Gasteiger partial charge in [0.2, 0.25) is 0 Å². The second-order valence-corrected chi connectivity index (χ2v) is 7.99. The highest BCUT2D eigenvalue weighted by Gasteiger charge is 2.28. The van der Waals surface area contributed by atoms with Gasteiger partial charge in [0.1, 0.15) is 0 Å². The second kappa shape index (κ2) is 8.72. The Balaban J connectivity index is 1.93. The van der Waals surface area contributed by atoms with E-state index in [-0.39, 0.29) is 11.8 Å². The van der Waals surface area contributed by atoms with Crippen LogP contribution in [0.1, 0.15) is 34.1 Å². The van der Waals surface area contributed by atoms with E-state index >= 15 is 0 Å². The van der Waals surface area contributed by atoms with Gasteiger partial charge in [-0.2, -0.15) is 0 Å². The summed E-state index contributed by atoms with van der Waals surface area (Å²) in [6.45, 7) is 0. The quantitative estimate of drug-likeness (QED) is 0.326. The van der Waals surface area contributed by atoms with E-state index in [0.29, 0.717) is 0 Å². The fraction of sp³-hybridized carbons (Fsp3) is 0.0769. The molecule has 0 aliphatic rings. The molecule has 0 aliphatic heterocycles. The van der Waals surface area contributed by atoms with E-state index in [4.69, 9.17) is 0 Å². The standard InChI is InChI=1S/C26H22S2/c27-23-15-11-21(12-16-23)25(19-7-3-1-4-8-19)26(20-9-5-2-6-10-20)22-13-17-24(28)18-14-22/h1-18,25-28H. The summed E-state index contributed by atoms with van der Waals surface area (Å²) in [6, 6.07) is 38.6. The molecule has 4 rings (SSSR count). The molecule has 0 spiro atoms. The van der Waals surface area contributed by atoms with Gasteiger partial charge in [-0.05, 0) is 46.5 Å². The van der Waals surface area contributed by atoms with Gasteiger partial charge in [-0.25, -0.2) is 0 Å². The average Bonchev–Trinajstić information content (AvgIpc) is 2.75. The predicted octanol–water partition coefficient (Wildman–Crippen LogP) is 7.23. The Morgan fingerprint density at radius 3 is 0.964 bits per heavy atom. The third-order valence-corrected chi connectivity index (χ3v) is 5.75. The summed E-state index contributed by atoms with van der Waals surface area (Å²) in [5, 5.41) is 0. The molecule has 0 amide bonds. The Kier molecular flexibility index (Phi) is 5.90. The summed E-state index contributed by atoms with van der Waals surface area (Å²) < 4.78 is 0. The molecule has 2 heteroatoms. The Hall–Kier alpha value is -2.42. The summed E-state index contributed by atoms with van der Waals surface area (Å²) >= 11 is 8.96. The van der Waals surface area contributed by atoms with Crippen molar-refractivity contribution in [2.75, 3.05) is 0 Å². The van der Waals surface area contributed by atoms with Crippen molar-refractivity contribution in [1.29, 1.82) is 0 Å². The van der Waals surface area contributed by atoms with Crippen molar-refractivity contribution in [3.63, 3.8) is 0 Å². The fourth-order valence-corrected chi connectivity index (χ4v) is 4.14. The van der Waals surface area contributed by atoms with Gasteiger partial charge in [0.15, 0.2) is 0 Å². The lowest BCUT2D eigenvalue weighted by Crippen LogP contribution is -2.14. The molecule has 0 aromatic heterocycles. The molecule has 0 heterocycles. The Morgan fingerprint density at radius 1 is 0.357 bits per heavy atom. The van der Waals surface area contributed by atoms with Gasteiger partial charge in [0, 0.05) is 21.6 Å². The van der Waals surface area contributed by atoms with Gasteiger partial charge in [-0.3, -0.25) is 0 Å². The van der Waals surface area contributed by atoms with Crippen molar-refractivity contribution in [1.82, 2.24) is 0 Å². The van der Waals surface area contributed by atoms with Crippen LogP contribution in [0.3, 0.4) is 0 Å². The maximum absolute atomic E-state index is 4.48. The number of hydrogen-bond acceptors (Lipinski definition) is 2. The molecule has 2 unspecified atom stereocenters. The molecule has 4 aromatic rings. The molecular weight excluding hydrogens is 376 g/mol. The maximum Gasteiger partial charge on any atom is 0.0199 e. The van der Waals surface area contributed by atoms with Crippen LogP contribution in [0.25, 0.3) is 0 Å². The molecule has 0 aliphatic carbocycles. The summed E-state index contributed by atoms with van der Waals surface area (Å²) in [5.41, 5.74) is 5.18. The first-order valence-corrected chi connectivity index (χ1v) is 10.3. The van der Waals surface area contributed by atoms with Gasteiger partial charge >= 0.3 is 0 Å². The molecule has 0 radical (unpaired) electrons. The van der Waals surface area contributed by atoms with Gasteiger partial charge in [-0.1, -0.05) is 84.9 Å². The van der Waals surface area contributed by atoms with Crippen molar-refractivity contribution in [3.8, 4) is 0 Å². The monoisotopic (exact) mass is 398 g/mol. The molecule has 2 atom stereocenters. The zero-order chi connectivity index (χ0) is 19.3. The molecule has 28 heavy (non-hydrogen) atoms. The predicted molar refractivity (Wildman–Crippen MR) is 124 cm³/mol. The molecule has 138 valence electrons. The van der Waals surface area contributed by atoms with Crippen LogP contribution in [0.2, 0.25) is 0 Å². The summed E-state index contributed by atoms with van der Waals surface area (Å²) in [4.78, 5) is 1.96. The molecule has 0 bridgehead atoms.